The Morgan fingerprint density at radius 3 is 2.75 bits per heavy atom. The van der Waals surface area contributed by atoms with Crippen molar-refractivity contribution in [3.63, 3.8) is 0 Å². The highest BCUT2D eigenvalue weighted by Gasteiger charge is 2.17. The van der Waals surface area contributed by atoms with Gasteiger partial charge in [0, 0.05) is 25.8 Å². The number of carbonyl (C=O) groups is 1. The minimum atomic E-state index is -0.552. The molecule has 7 nitrogen and oxygen atoms in total. The molecule has 0 aliphatic rings. The summed E-state index contributed by atoms with van der Waals surface area (Å²) in [5.74, 6) is -0.192. The molecule has 0 radical (unpaired) electrons. The van der Waals surface area contributed by atoms with E-state index in [4.69, 9.17) is 9.84 Å². The number of amides is 1. The summed E-state index contributed by atoms with van der Waals surface area (Å²) >= 11 is 0. The molecule has 0 saturated carbocycles. The first-order valence-corrected chi connectivity index (χ1v) is 6.35. The van der Waals surface area contributed by atoms with E-state index >= 15 is 0 Å². The van der Waals surface area contributed by atoms with Crippen LogP contribution in [0, 0.1) is 10.1 Å². The van der Waals surface area contributed by atoms with Crippen LogP contribution in [0.3, 0.4) is 0 Å². The molecule has 0 bridgehead atoms. The molecule has 7 heteroatoms. The third kappa shape index (κ3) is 4.51. The van der Waals surface area contributed by atoms with Gasteiger partial charge in [-0.2, -0.15) is 0 Å². The summed E-state index contributed by atoms with van der Waals surface area (Å²) in [6.07, 6.45) is 0.491. The van der Waals surface area contributed by atoms with Gasteiger partial charge in [-0.1, -0.05) is 12.1 Å². The van der Waals surface area contributed by atoms with E-state index in [1.807, 2.05) is 6.92 Å². The summed E-state index contributed by atoms with van der Waals surface area (Å²) < 4.78 is 5.23. The largest absolute Gasteiger partial charge is 0.477 e. The van der Waals surface area contributed by atoms with E-state index < -0.39 is 4.92 Å². The number of likely N-dealkylation sites (N-methyl/N-ethyl adjacent to an activating group) is 1. The van der Waals surface area contributed by atoms with Gasteiger partial charge >= 0.3 is 5.69 Å². The highest BCUT2D eigenvalue weighted by atomic mass is 16.6. The molecule has 0 spiro atoms. The molecule has 1 aromatic rings. The van der Waals surface area contributed by atoms with E-state index in [1.165, 1.54) is 23.1 Å². The second-order valence-corrected chi connectivity index (χ2v) is 4.06. The zero-order valence-electron chi connectivity index (χ0n) is 11.3. The Labute approximate surface area is 116 Å². The maximum Gasteiger partial charge on any atom is 0.310 e. The maximum atomic E-state index is 11.9. The topological polar surface area (TPSA) is 92.9 Å². The first-order valence-electron chi connectivity index (χ1n) is 6.35. The lowest BCUT2D eigenvalue weighted by Crippen LogP contribution is -2.35. The highest BCUT2D eigenvalue weighted by Crippen LogP contribution is 2.25. The normalized spacial score (nSPS) is 10.1. The summed E-state index contributed by atoms with van der Waals surface area (Å²) in [6.45, 7) is 2.50. The van der Waals surface area contributed by atoms with Crippen molar-refractivity contribution in [3.8, 4) is 5.75 Å². The molecule has 1 rings (SSSR count). The minimum absolute atomic E-state index is 0.00872. The molecule has 0 fully saturated rings. The van der Waals surface area contributed by atoms with E-state index in [0.29, 0.717) is 19.5 Å². The maximum absolute atomic E-state index is 11.9. The number of para-hydroxylation sites is 2. The van der Waals surface area contributed by atoms with Gasteiger partial charge in [0.1, 0.15) is 0 Å². The van der Waals surface area contributed by atoms with E-state index in [2.05, 4.69) is 0 Å². The molecule has 0 aliphatic heterocycles. The third-order valence-electron chi connectivity index (χ3n) is 2.73. The number of nitro benzene ring substituents is 1. The minimum Gasteiger partial charge on any atom is -0.477 e. The summed E-state index contributed by atoms with van der Waals surface area (Å²) in [6, 6.07) is 5.92. The zero-order chi connectivity index (χ0) is 15.0. The Morgan fingerprint density at radius 2 is 2.15 bits per heavy atom. The molecule has 0 atom stereocenters. The van der Waals surface area contributed by atoms with Gasteiger partial charge in [0.15, 0.2) is 12.4 Å². The lowest BCUT2D eigenvalue weighted by molar-refractivity contribution is -0.385. The Bertz CT molecular complexity index is 464. The smallest absolute Gasteiger partial charge is 0.310 e. The molecule has 1 N–H and O–H groups in total. The van der Waals surface area contributed by atoms with Crippen molar-refractivity contribution in [2.45, 2.75) is 13.3 Å². The Hall–Kier alpha value is -2.15. The van der Waals surface area contributed by atoms with Crippen LogP contribution in [0.1, 0.15) is 13.3 Å². The lowest BCUT2D eigenvalue weighted by Gasteiger charge is -2.20. The molecule has 0 unspecified atom stereocenters. The van der Waals surface area contributed by atoms with Crippen LogP contribution in [0.25, 0.3) is 0 Å². The molecule has 0 saturated heterocycles. The number of ether oxygens (including phenoxy) is 1. The highest BCUT2D eigenvalue weighted by molar-refractivity contribution is 5.77. The molecular formula is C13H18N2O5. The molecule has 0 heterocycles. The first-order chi connectivity index (χ1) is 9.60. The van der Waals surface area contributed by atoms with Gasteiger partial charge in [-0.15, -0.1) is 0 Å². The van der Waals surface area contributed by atoms with E-state index in [1.54, 1.807) is 6.07 Å². The average Bonchev–Trinajstić information content (AvgIpc) is 2.46. The standard InChI is InChI=1S/C13H18N2O5/c1-2-14(8-5-9-16)13(17)10-20-12-7-4-3-6-11(12)15(18)19/h3-4,6-7,16H,2,5,8-10H2,1H3. The third-order valence-corrected chi connectivity index (χ3v) is 2.73. The van der Waals surface area contributed by atoms with Crippen molar-refractivity contribution < 1.29 is 19.6 Å². The van der Waals surface area contributed by atoms with Gasteiger partial charge in [0.05, 0.1) is 4.92 Å². The van der Waals surface area contributed by atoms with Crippen LogP contribution in [0.4, 0.5) is 5.69 Å². The van der Waals surface area contributed by atoms with E-state index in [0.717, 1.165) is 0 Å². The van der Waals surface area contributed by atoms with Crippen LogP contribution < -0.4 is 4.74 Å². The van der Waals surface area contributed by atoms with Crippen LogP contribution in [0.5, 0.6) is 5.75 Å². The number of hydrogen-bond donors (Lipinski definition) is 1. The molecular weight excluding hydrogens is 264 g/mol. The van der Waals surface area contributed by atoms with Gasteiger partial charge in [0.25, 0.3) is 5.91 Å². The number of nitro groups is 1. The number of hydrogen-bond acceptors (Lipinski definition) is 5. The van der Waals surface area contributed by atoms with Crippen LogP contribution in [-0.4, -0.2) is 47.1 Å². The fourth-order valence-corrected chi connectivity index (χ4v) is 1.68. The number of nitrogens with zero attached hydrogens (tertiary/aromatic N) is 2. The molecule has 0 aliphatic carbocycles. The number of aliphatic hydroxyl groups excluding tert-OH is 1. The lowest BCUT2D eigenvalue weighted by atomic mass is 10.3. The SMILES string of the molecule is CCN(CCCO)C(=O)COc1ccccc1[N+](=O)[O-]. The molecule has 1 amide bonds. The summed E-state index contributed by atoms with van der Waals surface area (Å²) in [7, 11) is 0. The zero-order valence-corrected chi connectivity index (χ0v) is 11.3. The second-order valence-electron chi connectivity index (χ2n) is 4.06. The average molecular weight is 282 g/mol. The fourth-order valence-electron chi connectivity index (χ4n) is 1.68. The van der Waals surface area contributed by atoms with Crippen molar-refractivity contribution in [2.24, 2.45) is 0 Å². The Morgan fingerprint density at radius 1 is 1.45 bits per heavy atom. The number of carbonyl (C=O) groups excluding carboxylic acids is 1. The molecule has 20 heavy (non-hydrogen) atoms. The number of aliphatic hydroxyl groups is 1. The van der Waals surface area contributed by atoms with Crippen molar-refractivity contribution >= 4 is 11.6 Å². The fraction of sp³-hybridized carbons (Fsp3) is 0.462. The van der Waals surface area contributed by atoms with Gasteiger partial charge < -0.3 is 14.7 Å². The van der Waals surface area contributed by atoms with Gasteiger partial charge in [-0.05, 0) is 19.4 Å². The van der Waals surface area contributed by atoms with Crippen LogP contribution >= 0.6 is 0 Å². The monoisotopic (exact) mass is 282 g/mol. The summed E-state index contributed by atoms with van der Waals surface area (Å²) in [5, 5.41) is 19.6. The first kappa shape index (κ1) is 15.9. The number of rotatable bonds is 8. The molecule has 110 valence electrons. The molecule has 1 aromatic carbocycles. The van der Waals surface area contributed by atoms with Crippen LogP contribution in [0.2, 0.25) is 0 Å². The van der Waals surface area contributed by atoms with Crippen molar-refractivity contribution in [1.82, 2.24) is 4.90 Å². The van der Waals surface area contributed by atoms with Gasteiger partial charge in [-0.25, -0.2) is 0 Å². The van der Waals surface area contributed by atoms with Crippen LogP contribution in [-0.2, 0) is 4.79 Å². The van der Waals surface area contributed by atoms with E-state index in [-0.39, 0.29) is 30.6 Å². The van der Waals surface area contributed by atoms with Crippen LogP contribution in [0.15, 0.2) is 24.3 Å². The van der Waals surface area contributed by atoms with Gasteiger partial charge in [-0.3, -0.25) is 14.9 Å². The number of benzene rings is 1. The predicted octanol–water partition coefficient (Wildman–Crippen LogP) is 1.20. The summed E-state index contributed by atoms with van der Waals surface area (Å²) in [5.41, 5.74) is -0.168. The van der Waals surface area contributed by atoms with Crippen molar-refractivity contribution in [1.29, 1.82) is 0 Å². The predicted molar refractivity (Wildman–Crippen MR) is 72.5 cm³/mol. The van der Waals surface area contributed by atoms with E-state index in [9.17, 15) is 14.9 Å². The second kappa shape index (κ2) is 8.11. The molecule has 0 aromatic heterocycles. The van der Waals surface area contributed by atoms with Crippen molar-refractivity contribution in [2.75, 3.05) is 26.3 Å². The Kier molecular flexibility index (Phi) is 6.45. The summed E-state index contributed by atoms with van der Waals surface area (Å²) in [4.78, 5) is 23.7. The quantitative estimate of drug-likeness (QED) is 0.571. The van der Waals surface area contributed by atoms with Crippen molar-refractivity contribution in [3.05, 3.63) is 34.4 Å². The van der Waals surface area contributed by atoms with Gasteiger partial charge in [0.2, 0.25) is 0 Å². The Balaban J connectivity index is 2.62.